The van der Waals surface area contributed by atoms with Crippen LogP contribution >= 0.6 is 0 Å². The summed E-state index contributed by atoms with van der Waals surface area (Å²) in [6.07, 6.45) is 5.69. The second-order valence-corrected chi connectivity index (χ2v) is 12.1. The van der Waals surface area contributed by atoms with Crippen LogP contribution in [0.15, 0.2) is 152 Å². The Morgan fingerprint density at radius 3 is 1.96 bits per heavy atom. The molecule has 0 atom stereocenters. The summed E-state index contributed by atoms with van der Waals surface area (Å²) in [4.78, 5) is 14.9. The molecule has 0 unspecified atom stereocenters. The Labute approximate surface area is 279 Å². The van der Waals surface area contributed by atoms with Crippen molar-refractivity contribution in [2.45, 2.75) is 13.8 Å². The van der Waals surface area contributed by atoms with Crippen LogP contribution in [0.5, 0.6) is 5.75 Å². The van der Waals surface area contributed by atoms with Crippen LogP contribution in [-0.4, -0.2) is 24.6 Å². The van der Waals surface area contributed by atoms with E-state index >= 15 is 0 Å². The van der Waals surface area contributed by atoms with Crippen LogP contribution < -0.4 is 0 Å². The molecule has 0 fully saturated rings. The Bertz CT molecular complexity index is 2420. The molecule has 0 radical (unpaired) electrons. The van der Waals surface area contributed by atoms with E-state index in [1.807, 2.05) is 80.1 Å². The highest BCUT2D eigenvalue weighted by molar-refractivity contribution is 5.97. The lowest BCUT2D eigenvalue weighted by Crippen LogP contribution is -1.98. The van der Waals surface area contributed by atoms with Gasteiger partial charge in [0.05, 0.1) is 23.0 Å². The maximum Gasteiger partial charge on any atom is 0.149 e. The van der Waals surface area contributed by atoms with Gasteiger partial charge in [0.1, 0.15) is 17.1 Å². The summed E-state index contributed by atoms with van der Waals surface area (Å²) in [5, 5.41) is 11.0. The minimum atomic E-state index is 0.177. The number of aromatic nitrogens is 4. The van der Waals surface area contributed by atoms with Gasteiger partial charge in [-0.25, -0.2) is 4.98 Å². The van der Waals surface area contributed by atoms with E-state index in [0.29, 0.717) is 11.4 Å². The maximum absolute atomic E-state index is 11.0. The van der Waals surface area contributed by atoms with Crippen LogP contribution in [0.1, 0.15) is 11.1 Å². The topological polar surface area (TPSA) is 63.8 Å². The monoisotopic (exact) mass is 620 g/mol. The number of phenols is 1. The van der Waals surface area contributed by atoms with Crippen molar-refractivity contribution in [2.75, 3.05) is 0 Å². The Kier molecular flexibility index (Phi) is 7.35. The highest BCUT2D eigenvalue weighted by Gasteiger charge is 2.21. The minimum Gasteiger partial charge on any atom is -0.507 e. The summed E-state index contributed by atoms with van der Waals surface area (Å²) in [6, 6.07) is 45.3. The van der Waals surface area contributed by atoms with Crippen molar-refractivity contribution in [2.24, 2.45) is 0 Å². The van der Waals surface area contributed by atoms with E-state index < -0.39 is 0 Å². The predicted molar refractivity (Wildman–Crippen MR) is 195 cm³/mol. The van der Waals surface area contributed by atoms with Gasteiger partial charge in [0.2, 0.25) is 0 Å². The number of phenolic OH excluding ortho intramolecular Hbond substituents is 1. The fraction of sp³-hybridized carbons (Fsp3) is 0.0465. The number of aryl methyl sites for hydroxylation is 2. The van der Waals surface area contributed by atoms with Gasteiger partial charge >= 0.3 is 0 Å². The third kappa shape index (κ3) is 5.31. The minimum absolute atomic E-state index is 0.177. The third-order valence-electron chi connectivity index (χ3n) is 8.81. The molecule has 8 aromatic rings. The fourth-order valence-corrected chi connectivity index (χ4v) is 6.39. The largest absolute Gasteiger partial charge is 0.507 e. The normalized spacial score (nSPS) is 11.2. The molecule has 0 spiro atoms. The quantitative estimate of drug-likeness (QED) is 0.201. The van der Waals surface area contributed by atoms with Gasteiger partial charge in [-0.15, -0.1) is 0 Å². The Balaban J connectivity index is 1.38. The number of aromatic hydroxyl groups is 1. The van der Waals surface area contributed by atoms with Gasteiger partial charge in [0.25, 0.3) is 0 Å². The first-order valence-corrected chi connectivity index (χ1v) is 16.0. The van der Waals surface area contributed by atoms with Gasteiger partial charge in [0, 0.05) is 29.2 Å². The zero-order chi connectivity index (χ0) is 32.6. The van der Waals surface area contributed by atoms with Gasteiger partial charge < -0.3 is 5.11 Å². The summed E-state index contributed by atoms with van der Waals surface area (Å²) >= 11 is 0. The van der Waals surface area contributed by atoms with E-state index in [1.165, 1.54) is 0 Å². The molecule has 0 amide bonds. The summed E-state index contributed by atoms with van der Waals surface area (Å²) < 4.78 is 2.08. The fourth-order valence-electron chi connectivity index (χ4n) is 6.39. The summed E-state index contributed by atoms with van der Waals surface area (Å²) in [5.41, 5.74) is 13.6. The molecule has 0 aliphatic rings. The second kappa shape index (κ2) is 12.1. The molecule has 5 heteroatoms. The number of para-hydroxylation sites is 1. The number of hydrogen-bond acceptors (Lipinski definition) is 4. The zero-order valence-corrected chi connectivity index (χ0v) is 26.7. The van der Waals surface area contributed by atoms with Gasteiger partial charge in [-0.1, -0.05) is 90.5 Å². The number of pyridine rings is 2. The molecule has 5 nitrogen and oxygen atoms in total. The van der Waals surface area contributed by atoms with Crippen molar-refractivity contribution < 1.29 is 5.11 Å². The zero-order valence-electron chi connectivity index (χ0n) is 26.7. The number of hydrogen-bond donors (Lipinski definition) is 1. The van der Waals surface area contributed by atoms with Crippen LogP contribution in [-0.2, 0) is 0 Å². The van der Waals surface area contributed by atoms with Gasteiger partial charge in [0.15, 0.2) is 0 Å². The van der Waals surface area contributed by atoms with Gasteiger partial charge in [-0.2, -0.15) is 0 Å². The first kappa shape index (κ1) is 29.1. The van der Waals surface area contributed by atoms with Crippen LogP contribution in [0.3, 0.4) is 0 Å². The molecular formula is C43H32N4O. The molecule has 230 valence electrons. The molecular weight excluding hydrogens is 589 g/mol. The predicted octanol–water partition coefficient (Wildman–Crippen LogP) is 10.5. The average Bonchev–Trinajstić information content (AvgIpc) is 3.53. The number of rotatable bonds is 6. The van der Waals surface area contributed by atoms with Crippen molar-refractivity contribution in [3.8, 4) is 67.5 Å². The first-order valence-electron chi connectivity index (χ1n) is 16.0. The highest BCUT2D eigenvalue weighted by Crippen LogP contribution is 2.40. The van der Waals surface area contributed by atoms with Crippen LogP contribution in [0.25, 0.3) is 72.7 Å². The SMILES string of the molecule is Cc1ccc(O)c(-c2nc3c(-c4cc(-c5ccccc5)cc(-c5cc(-c6ccccc6)c(C)cn5)c4)cncc3n2-c2ccccc2)c1. The van der Waals surface area contributed by atoms with Gasteiger partial charge in [-0.05, 0) is 95.8 Å². The molecule has 0 saturated heterocycles. The third-order valence-corrected chi connectivity index (χ3v) is 8.81. The van der Waals surface area contributed by atoms with Crippen molar-refractivity contribution in [1.29, 1.82) is 0 Å². The van der Waals surface area contributed by atoms with E-state index in [1.54, 1.807) is 6.07 Å². The molecule has 0 bridgehead atoms. The molecule has 1 N–H and O–H groups in total. The summed E-state index contributed by atoms with van der Waals surface area (Å²) in [7, 11) is 0. The van der Waals surface area contributed by atoms with Crippen molar-refractivity contribution in [3.05, 3.63) is 163 Å². The summed E-state index contributed by atoms with van der Waals surface area (Å²) in [5.74, 6) is 0.828. The van der Waals surface area contributed by atoms with Crippen LogP contribution in [0.4, 0.5) is 0 Å². The van der Waals surface area contributed by atoms with E-state index in [2.05, 4.69) is 84.3 Å². The molecule has 3 aromatic heterocycles. The molecule has 0 aliphatic heterocycles. The van der Waals surface area contributed by atoms with Crippen LogP contribution in [0.2, 0.25) is 0 Å². The molecule has 5 aromatic carbocycles. The Morgan fingerprint density at radius 1 is 0.542 bits per heavy atom. The Morgan fingerprint density at radius 2 is 1.21 bits per heavy atom. The number of nitrogens with zero attached hydrogens (tertiary/aromatic N) is 4. The lowest BCUT2D eigenvalue weighted by atomic mass is 9.93. The smallest absolute Gasteiger partial charge is 0.149 e. The van der Waals surface area contributed by atoms with Crippen LogP contribution in [0, 0.1) is 13.8 Å². The van der Waals surface area contributed by atoms with E-state index in [9.17, 15) is 5.11 Å². The lowest BCUT2D eigenvalue weighted by Gasteiger charge is -2.13. The average molecular weight is 621 g/mol. The second-order valence-electron chi connectivity index (χ2n) is 12.1. The number of fused-ring (bicyclic) bond motifs is 1. The highest BCUT2D eigenvalue weighted by atomic mass is 16.3. The van der Waals surface area contributed by atoms with E-state index in [-0.39, 0.29) is 5.75 Å². The maximum atomic E-state index is 11.0. The lowest BCUT2D eigenvalue weighted by molar-refractivity contribution is 0.476. The van der Waals surface area contributed by atoms with Gasteiger partial charge in [-0.3, -0.25) is 14.5 Å². The molecule has 3 heterocycles. The standard InChI is InChI=1S/C43H32N4O/c1-28-18-19-41(48)37(20-28)43-46-42-38(26-44-27-40(42)47(43)35-16-10-5-11-17-35)33-21-32(30-12-6-3-7-13-30)22-34(23-33)39-24-36(29(2)25-45-39)31-14-8-4-9-15-31/h3-27,48H,1-2H3. The van der Waals surface area contributed by atoms with E-state index in [4.69, 9.17) is 15.0 Å². The molecule has 8 rings (SSSR count). The molecule has 0 aliphatic carbocycles. The number of benzene rings is 5. The Hall–Kier alpha value is -6.33. The van der Waals surface area contributed by atoms with Crippen molar-refractivity contribution in [3.63, 3.8) is 0 Å². The van der Waals surface area contributed by atoms with Crippen molar-refractivity contribution in [1.82, 2.24) is 19.5 Å². The first-order chi connectivity index (χ1) is 23.5. The number of imidazole rings is 1. The van der Waals surface area contributed by atoms with Crippen molar-refractivity contribution >= 4 is 11.0 Å². The molecule has 0 saturated carbocycles. The summed E-state index contributed by atoms with van der Waals surface area (Å²) in [6.45, 7) is 4.12. The van der Waals surface area contributed by atoms with E-state index in [0.717, 1.165) is 72.5 Å². The molecule has 48 heavy (non-hydrogen) atoms.